The smallest absolute Gasteiger partial charge is 0.247 e. The molecule has 2 aromatic rings. The maximum atomic E-state index is 13.0. The molecule has 1 aromatic heterocycles. The number of amides is 2. The van der Waals surface area contributed by atoms with Gasteiger partial charge >= 0.3 is 0 Å². The molecular weight excluding hydrogens is 412 g/mol. The molecule has 0 saturated heterocycles. The van der Waals surface area contributed by atoms with Crippen LogP contribution >= 0.6 is 0 Å². The SMILES string of the molecule is C[C@H](NC(=O)CC1CCCCC1)C(=O)Nc1cc(C(C)(C)c2ccccc2)nn1C(C)(C)C. The number of benzene rings is 1. The third-order valence-corrected chi connectivity index (χ3v) is 6.70. The van der Waals surface area contributed by atoms with Gasteiger partial charge in [-0.05, 0) is 52.0 Å². The first kappa shape index (κ1) is 25.0. The summed E-state index contributed by atoms with van der Waals surface area (Å²) in [6.07, 6.45) is 6.39. The third-order valence-electron chi connectivity index (χ3n) is 6.70. The molecule has 2 N–H and O–H groups in total. The monoisotopic (exact) mass is 452 g/mol. The molecule has 6 nitrogen and oxygen atoms in total. The number of hydrogen-bond donors (Lipinski definition) is 2. The van der Waals surface area contributed by atoms with E-state index in [1.807, 2.05) is 28.9 Å². The fourth-order valence-corrected chi connectivity index (χ4v) is 4.54. The predicted octanol–water partition coefficient (Wildman–Crippen LogP) is 5.38. The van der Waals surface area contributed by atoms with Crippen LogP contribution in [-0.2, 0) is 20.5 Å². The second-order valence-electron chi connectivity index (χ2n) is 11.0. The second kappa shape index (κ2) is 10.1. The van der Waals surface area contributed by atoms with Gasteiger partial charge in [-0.15, -0.1) is 0 Å². The van der Waals surface area contributed by atoms with E-state index < -0.39 is 6.04 Å². The normalized spacial score (nSPS) is 16.3. The van der Waals surface area contributed by atoms with Crippen LogP contribution in [0, 0.1) is 5.92 Å². The first-order chi connectivity index (χ1) is 15.5. The van der Waals surface area contributed by atoms with Crippen molar-refractivity contribution in [3.63, 3.8) is 0 Å². The zero-order valence-electron chi connectivity index (χ0n) is 21.1. The van der Waals surface area contributed by atoms with Gasteiger partial charge in [0.25, 0.3) is 0 Å². The summed E-state index contributed by atoms with van der Waals surface area (Å²) in [6, 6.07) is 11.6. The van der Waals surface area contributed by atoms with Crippen molar-refractivity contribution in [3.8, 4) is 0 Å². The summed E-state index contributed by atoms with van der Waals surface area (Å²) in [5.41, 5.74) is 1.40. The summed E-state index contributed by atoms with van der Waals surface area (Å²) in [5, 5.41) is 10.8. The highest BCUT2D eigenvalue weighted by Crippen LogP contribution is 2.34. The number of hydrogen-bond acceptors (Lipinski definition) is 3. The molecule has 1 heterocycles. The van der Waals surface area contributed by atoms with Gasteiger partial charge in [-0.25, -0.2) is 4.68 Å². The van der Waals surface area contributed by atoms with Gasteiger partial charge in [0.05, 0.1) is 11.2 Å². The van der Waals surface area contributed by atoms with E-state index in [0.29, 0.717) is 18.2 Å². The zero-order valence-corrected chi connectivity index (χ0v) is 21.1. The standard InChI is InChI=1S/C27H40N4O2/c1-19(28-24(32)17-20-13-9-7-10-14-20)25(33)29-23-18-22(30-31(23)26(2,3)4)27(5,6)21-15-11-8-12-16-21/h8,11-12,15-16,18-20H,7,9-10,13-14,17H2,1-6H3,(H,28,32)(H,29,33)/t19-/m0/s1. The number of anilines is 1. The molecule has 1 aliphatic rings. The molecule has 0 unspecified atom stereocenters. The number of rotatable bonds is 7. The van der Waals surface area contributed by atoms with Gasteiger partial charge in [0.2, 0.25) is 11.8 Å². The Morgan fingerprint density at radius 2 is 1.70 bits per heavy atom. The number of aromatic nitrogens is 2. The Labute approximate surface area is 198 Å². The minimum absolute atomic E-state index is 0.0419. The molecule has 1 saturated carbocycles. The van der Waals surface area contributed by atoms with E-state index in [1.165, 1.54) is 19.3 Å². The van der Waals surface area contributed by atoms with Crippen LogP contribution in [0.1, 0.15) is 91.3 Å². The number of carbonyl (C=O) groups excluding carboxylic acids is 2. The Kier molecular flexibility index (Phi) is 7.65. The van der Waals surface area contributed by atoms with Crippen LogP contribution in [0.2, 0.25) is 0 Å². The van der Waals surface area contributed by atoms with Gasteiger partial charge < -0.3 is 10.6 Å². The van der Waals surface area contributed by atoms with E-state index in [9.17, 15) is 9.59 Å². The van der Waals surface area contributed by atoms with Crippen molar-refractivity contribution < 1.29 is 9.59 Å². The van der Waals surface area contributed by atoms with Crippen LogP contribution in [-0.4, -0.2) is 27.6 Å². The van der Waals surface area contributed by atoms with Crippen molar-refractivity contribution in [2.45, 2.75) is 97.1 Å². The Hall–Kier alpha value is -2.63. The van der Waals surface area contributed by atoms with Crippen molar-refractivity contribution in [2.24, 2.45) is 5.92 Å². The maximum Gasteiger partial charge on any atom is 0.247 e. The quantitative estimate of drug-likeness (QED) is 0.592. The van der Waals surface area contributed by atoms with E-state index in [1.54, 1.807) is 6.92 Å². The van der Waals surface area contributed by atoms with Crippen LogP contribution < -0.4 is 10.6 Å². The molecule has 1 aromatic carbocycles. The minimum atomic E-state index is -0.616. The first-order valence-corrected chi connectivity index (χ1v) is 12.3. The molecule has 3 rings (SSSR count). The van der Waals surface area contributed by atoms with Gasteiger partial charge in [0.1, 0.15) is 11.9 Å². The van der Waals surface area contributed by atoms with Gasteiger partial charge in [-0.3, -0.25) is 9.59 Å². The van der Waals surface area contributed by atoms with Gasteiger partial charge in [-0.1, -0.05) is 63.4 Å². The topological polar surface area (TPSA) is 76.0 Å². The molecule has 33 heavy (non-hydrogen) atoms. The van der Waals surface area contributed by atoms with Crippen LogP contribution in [0.25, 0.3) is 0 Å². The average Bonchev–Trinajstić information content (AvgIpc) is 3.20. The molecule has 180 valence electrons. The van der Waals surface area contributed by atoms with Crippen molar-refractivity contribution in [1.82, 2.24) is 15.1 Å². The highest BCUT2D eigenvalue weighted by Gasteiger charge is 2.31. The van der Waals surface area contributed by atoms with E-state index in [-0.39, 0.29) is 22.8 Å². The van der Waals surface area contributed by atoms with Crippen molar-refractivity contribution in [3.05, 3.63) is 47.7 Å². The van der Waals surface area contributed by atoms with Crippen molar-refractivity contribution >= 4 is 17.6 Å². The van der Waals surface area contributed by atoms with Crippen LogP contribution in [0.4, 0.5) is 5.82 Å². The molecule has 6 heteroatoms. The minimum Gasteiger partial charge on any atom is -0.345 e. The zero-order chi connectivity index (χ0) is 24.2. The number of nitrogens with zero attached hydrogens (tertiary/aromatic N) is 2. The Morgan fingerprint density at radius 1 is 1.06 bits per heavy atom. The summed E-state index contributed by atoms with van der Waals surface area (Å²) < 4.78 is 1.86. The fraction of sp³-hybridized carbons (Fsp3) is 0.593. The molecule has 1 atom stereocenters. The molecule has 0 radical (unpaired) electrons. The fourth-order valence-electron chi connectivity index (χ4n) is 4.54. The Bertz CT molecular complexity index is 950. The lowest BCUT2D eigenvalue weighted by molar-refractivity contribution is -0.127. The molecule has 0 aliphatic heterocycles. The largest absolute Gasteiger partial charge is 0.345 e. The highest BCUT2D eigenvalue weighted by atomic mass is 16.2. The van der Waals surface area contributed by atoms with Gasteiger partial charge in [0.15, 0.2) is 0 Å². The van der Waals surface area contributed by atoms with E-state index in [0.717, 1.165) is 24.1 Å². The Balaban J connectivity index is 1.73. The number of carbonyl (C=O) groups is 2. The molecule has 2 amide bonds. The Morgan fingerprint density at radius 3 is 2.30 bits per heavy atom. The lowest BCUT2D eigenvalue weighted by atomic mass is 9.82. The maximum absolute atomic E-state index is 13.0. The molecule has 0 bridgehead atoms. The summed E-state index contributed by atoms with van der Waals surface area (Å²) in [7, 11) is 0. The predicted molar refractivity (Wildman–Crippen MR) is 133 cm³/mol. The highest BCUT2D eigenvalue weighted by molar-refractivity contribution is 5.96. The van der Waals surface area contributed by atoms with Crippen LogP contribution in [0.3, 0.4) is 0 Å². The van der Waals surface area contributed by atoms with Crippen LogP contribution in [0.15, 0.2) is 36.4 Å². The van der Waals surface area contributed by atoms with E-state index in [2.05, 4.69) is 57.4 Å². The molecule has 1 fully saturated rings. The first-order valence-electron chi connectivity index (χ1n) is 12.3. The number of nitrogens with one attached hydrogen (secondary N) is 2. The average molecular weight is 453 g/mol. The summed E-state index contributed by atoms with van der Waals surface area (Å²) in [6.45, 7) is 12.2. The van der Waals surface area contributed by atoms with Crippen molar-refractivity contribution in [1.29, 1.82) is 0 Å². The second-order valence-corrected chi connectivity index (χ2v) is 11.0. The lowest BCUT2D eigenvalue weighted by Gasteiger charge is -2.25. The van der Waals surface area contributed by atoms with E-state index >= 15 is 0 Å². The molecule has 0 spiro atoms. The van der Waals surface area contributed by atoms with Gasteiger partial charge in [0, 0.05) is 17.9 Å². The van der Waals surface area contributed by atoms with Crippen LogP contribution in [0.5, 0.6) is 0 Å². The van der Waals surface area contributed by atoms with Crippen molar-refractivity contribution in [2.75, 3.05) is 5.32 Å². The summed E-state index contributed by atoms with van der Waals surface area (Å²) >= 11 is 0. The van der Waals surface area contributed by atoms with E-state index in [4.69, 9.17) is 5.10 Å². The lowest BCUT2D eigenvalue weighted by Crippen LogP contribution is -2.42. The third kappa shape index (κ3) is 6.24. The molecule has 1 aliphatic carbocycles. The molecular formula is C27H40N4O2. The van der Waals surface area contributed by atoms with Gasteiger partial charge in [-0.2, -0.15) is 5.10 Å². The summed E-state index contributed by atoms with van der Waals surface area (Å²) in [4.78, 5) is 25.5. The summed E-state index contributed by atoms with van der Waals surface area (Å²) in [5.74, 6) is 0.806.